The first-order valence-electron chi connectivity index (χ1n) is 6.58. The largest absolute Gasteiger partial charge is 0.339 e. The van der Waals surface area contributed by atoms with E-state index in [0.717, 1.165) is 42.3 Å². The molecule has 19 heavy (non-hydrogen) atoms. The van der Waals surface area contributed by atoms with Crippen molar-refractivity contribution in [2.75, 3.05) is 6.54 Å². The molecular formula is C14H18BrN3O. The second-order valence-corrected chi connectivity index (χ2v) is 5.39. The molecule has 1 heterocycles. The number of hydrogen-bond donors (Lipinski definition) is 1. The molecule has 0 atom stereocenters. The summed E-state index contributed by atoms with van der Waals surface area (Å²) in [5.74, 6) is 1.37. The van der Waals surface area contributed by atoms with E-state index in [9.17, 15) is 0 Å². The van der Waals surface area contributed by atoms with Crippen molar-refractivity contribution in [2.45, 2.75) is 32.1 Å². The van der Waals surface area contributed by atoms with Gasteiger partial charge in [0.15, 0.2) is 0 Å². The van der Waals surface area contributed by atoms with Crippen LogP contribution in [0.15, 0.2) is 33.3 Å². The number of rotatable bonds is 7. The van der Waals surface area contributed by atoms with Gasteiger partial charge in [-0.3, -0.25) is 0 Å². The van der Waals surface area contributed by atoms with E-state index in [1.54, 1.807) is 0 Å². The van der Waals surface area contributed by atoms with Crippen LogP contribution in [0.4, 0.5) is 0 Å². The number of unbranched alkanes of at least 4 members (excludes halogenated alkanes) is 3. The maximum atomic E-state index is 5.46. The van der Waals surface area contributed by atoms with Gasteiger partial charge in [0, 0.05) is 16.5 Å². The van der Waals surface area contributed by atoms with Gasteiger partial charge in [-0.05, 0) is 43.7 Å². The Hall–Kier alpha value is -1.20. The first kappa shape index (κ1) is 14.2. The predicted molar refractivity (Wildman–Crippen MR) is 78.7 cm³/mol. The van der Waals surface area contributed by atoms with Gasteiger partial charge in [0.2, 0.25) is 11.7 Å². The number of hydrogen-bond acceptors (Lipinski definition) is 4. The molecule has 2 rings (SSSR count). The summed E-state index contributed by atoms with van der Waals surface area (Å²) in [5.41, 5.74) is 6.43. The Kier molecular flexibility index (Phi) is 5.54. The maximum absolute atomic E-state index is 5.46. The van der Waals surface area contributed by atoms with Crippen LogP contribution in [-0.2, 0) is 6.42 Å². The molecule has 0 unspecified atom stereocenters. The molecule has 4 nitrogen and oxygen atoms in total. The summed E-state index contributed by atoms with van der Waals surface area (Å²) in [7, 11) is 0. The highest BCUT2D eigenvalue weighted by atomic mass is 79.9. The van der Waals surface area contributed by atoms with Crippen LogP contribution in [0.1, 0.15) is 31.6 Å². The second-order valence-electron chi connectivity index (χ2n) is 4.47. The van der Waals surface area contributed by atoms with Crippen molar-refractivity contribution >= 4 is 15.9 Å². The summed E-state index contributed by atoms with van der Waals surface area (Å²) >= 11 is 3.40. The van der Waals surface area contributed by atoms with E-state index in [4.69, 9.17) is 10.3 Å². The van der Waals surface area contributed by atoms with Crippen molar-refractivity contribution in [1.82, 2.24) is 10.1 Å². The van der Waals surface area contributed by atoms with E-state index in [1.807, 2.05) is 24.3 Å². The van der Waals surface area contributed by atoms with Crippen LogP contribution < -0.4 is 5.73 Å². The van der Waals surface area contributed by atoms with Gasteiger partial charge in [0.25, 0.3) is 0 Å². The van der Waals surface area contributed by atoms with Gasteiger partial charge >= 0.3 is 0 Å². The van der Waals surface area contributed by atoms with Gasteiger partial charge in [-0.15, -0.1) is 0 Å². The molecule has 0 saturated heterocycles. The van der Waals surface area contributed by atoms with Gasteiger partial charge in [-0.25, -0.2) is 0 Å². The number of benzene rings is 1. The fourth-order valence-electron chi connectivity index (χ4n) is 1.85. The van der Waals surface area contributed by atoms with Gasteiger partial charge < -0.3 is 10.3 Å². The fraction of sp³-hybridized carbons (Fsp3) is 0.429. The predicted octanol–water partition coefficient (Wildman–Crippen LogP) is 3.56. The quantitative estimate of drug-likeness (QED) is 0.791. The number of halogens is 1. The molecule has 0 aliphatic carbocycles. The third kappa shape index (κ3) is 4.44. The number of aryl methyl sites for hydroxylation is 1. The molecule has 0 aliphatic heterocycles. The lowest BCUT2D eigenvalue weighted by Crippen LogP contribution is -1.97. The average molecular weight is 324 g/mol. The third-order valence-electron chi connectivity index (χ3n) is 2.92. The SMILES string of the molecule is NCCCCCCc1nc(-c2ccc(Br)cc2)no1. The van der Waals surface area contributed by atoms with Crippen molar-refractivity contribution in [2.24, 2.45) is 5.73 Å². The number of nitrogens with two attached hydrogens (primary N) is 1. The smallest absolute Gasteiger partial charge is 0.226 e. The van der Waals surface area contributed by atoms with E-state index in [-0.39, 0.29) is 0 Å². The van der Waals surface area contributed by atoms with E-state index in [1.165, 1.54) is 6.42 Å². The highest BCUT2D eigenvalue weighted by molar-refractivity contribution is 9.10. The molecule has 1 aromatic carbocycles. The van der Waals surface area contributed by atoms with Crippen LogP contribution >= 0.6 is 15.9 Å². The Balaban J connectivity index is 1.86. The molecule has 0 radical (unpaired) electrons. The molecule has 2 aromatic rings. The molecule has 0 saturated carbocycles. The maximum Gasteiger partial charge on any atom is 0.226 e. The summed E-state index contributed by atoms with van der Waals surface area (Å²) < 4.78 is 6.30. The Morgan fingerprint density at radius 1 is 1.05 bits per heavy atom. The van der Waals surface area contributed by atoms with Gasteiger partial charge in [0.1, 0.15) is 0 Å². The van der Waals surface area contributed by atoms with E-state index < -0.39 is 0 Å². The summed E-state index contributed by atoms with van der Waals surface area (Å²) in [5, 5.41) is 4.01. The first-order chi connectivity index (χ1) is 9.29. The fourth-order valence-corrected chi connectivity index (χ4v) is 2.11. The lowest BCUT2D eigenvalue weighted by Gasteiger charge is -1.96. The lowest BCUT2D eigenvalue weighted by atomic mass is 10.1. The minimum atomic E-state index is 0.657. The summed E-state index contributed by atoms with van der Waals surface area (Å²) in [4.78, 5) is 4.41. The lowest BCUT2D eigenvalue weighted by molar-refractivity contribution is 0.374. The Morgan fingerprint density at radius 3 is 2.53 bits per heavy atom. The molecule has 102 valence electrons. The zero-order chi connectivity index (χ0) is 13.5. The van der Waals surface area contributed by atoms with Gasteiger partial charge in [0.05, 0.1) is 0 Å². The monoisotopic (exact) mass is 323 g/mol. The third-order valence-corrected chi connectivity index (χ3v) is 3.44. The normalized spacial score (nSPS) is 10.8. The van der Waals surface area contributed by atoms with Gasteiger partial charge in [-0.2, -0.15) is 4.98 Å². The van der Waals surface area contributed by atoms with Crippen molar-refractivity contribution in [1.29, 1.82) is 0 Å². The number of aromatic nitrogens is 2. The van der Waals surface area contributed by atoms with Gasteiger partial charge in [-0.1, -0.05) is 33.9 Å². The number of nitrogens with zero attached hydrogens (tertiary/aromatic N) is 2. The van der Waals surface area contributed by atoms with E-state index >= 15 is 0 Å². The molecule has 0 bridgehead atoms. The minimum absolute atomic E-state index is 0.657. The van der Waals surface area contributed by atoms with Crippen molar-refractivity contribution in [3.05, 3.63) is 34.6 Å². The summed E-state index contributed by atoms with van der Waals surface area (Å²) in [6.45, 7) is 0.772. The molecule has 0 aliphatic rings. The highest BCUT2D eigenvalue weighted by Gasteiger charge is 2.07. The molecule has 0 spiro atoms. The molecule has 0 amide bonds. The first-order valence-corrected chi connectivity index (χ1v) is 7.37. The zero-order valence-electron chi connectivity index (χ0n) is 10.8. The van der Waals surface area contributed by atoms with Crippen LogP contribution in [0.3, 0.4) is 0 Å². The zero-order valence-corrected chi connectivity index (χ0v) is 12.4. The van der Waals surface area contributed by atoms with Crippen LogP contribution in [0.2, 0.25) is 0 Å². The average Bonchev–Trinajstić information content (AvgIpc) is 2.88. The van der Waals surface area contributed by atoms with Crippen LogP contribution in [0.5, 0.6) is 0 Å². The van der Waals surface area contributed by atoms with Crippen molar-refractivity contribution < 1.29 is 4.52 Å². The molecule has 1 aromatic heterocycles. The topological polar surface area (TPSA) is 64.9 Å². The molecule has 2 N–H and O–H groups in total. The highest BCUT2D eigenvalue weighted by Crippen LogP contribution is 2.19. The van der Waals surface area contributed by atoms with Crippen molar-refractivity contribution in [3.63, 3.8) is 0 Å². The molecule has 0 fully saturated rings. The van der Waals surface area contributed by atoms with Crippen LogP contribution in [-0.4, -0.2) is 16.7 Å². The van der Waals surface area contributed by atoms with Crippen molar-refractivity contribution in [3.8, 4) is 11.4 Å². The molecule has 5 heteroatoms. The Labute approximate surface area is 121 Å². The standard InChI is InChI=1S/C14H18BrN3O/c15-12-8-6-11(7-9-12)14-17-13(19-18-14)5-3-1-2-4-10-16/h6-9H,1-5,10,16H2. The summed E-state index contributed by atoms with van der Waals surface area (Å²) in [6.07, 6.45) is 5.33. The molecular weight excluding hydrogens is 306 g/mol. The van der Waals surface area contributed by atoms with Crippen LogP contribution in [0, 0.1) is 0 Å². The minimum Gasteiger partial charge on any atom is -0.339 e. The second kappa shape index (κ2) is 7.40. The Morgan fingerprint density at radius 2 is 1.79 bits per heavy atom. The summed E-state index contributed by atoms with van der Waals surface area (Å²) in [6, 6.07) is 7.89. The van der Waals surface area contributed by atoms with E-state index in [2.05, 4.69) is 26.1 Å². The van der Waals surface area contributed by atoms with E-state index in [0.29, 0.717) is 11.7 Å². The van der Waals surface area contributed by atoms with Crippen LogP contribution in [0.25, 0.3) is 11.4 Å². The Bertz CT molecular complexity index is 496.